The molecule has 0 rings (SSSR count). The molecular weight excluding hydrogens is 762 g/mol. The molecule has 2 unspecified atom stereocenters. The van der Waals surface area contributed by atoms with Crippen LogP contribution >= 0.6 is 7.82 Å². The first-order chi connectivity index (χ1) is 28.5. The largest absolute Gasteiger partial charge is 0.472 e. The fourth-order valence-corrected chi connectivity index (χ4v) is 7.35. The monoisotopic (exact) mass is 855 g/mol. The number of carbonyl (C=O) groups excluding carboxylic acids is 2. The summed E-state index contributed by atoms with van der Waals surface area (Å²) in [5.74, 6) is -0.806. The maximum absolute atomic E-state index is 12.7. The highest BCUT2D eigenvalue weighted by Crippen LogP contribution is 2.43. The minimum absolute atomic E-state index is 0.0297. The zero-order valence-corrected chi connectivity index (χ0v) is 39.9. The summed E-state index contributed by atoms with van der Waals surface area (Å²) in [5.41, 5.74) is 0. The molecule has 0 aromatic heterocycles. The summed E-state index contributed by atoms with van der Waals surface area (Å²) in [6.07, 6.45) is 47.5. The second-order valence-electron chi connectivity index (χ2n) is 17.5. The fourth-order valence-electron chi connectivity index (χ4n) is 6.61. The Morgan fingerprint density at radius 3 is 1.39 bits per heavy atom. The molecular formula is C49H93NO8P+. The molecule has 0 saturated heterocycles. The van der Waals surface area contributed by atoms with E-state index in [9.17, 15) is 19.0 Å². The van der Waals surface area contributed by atoms with Gasteiger partial charge in [-0.2, -0.15) is 0 Å². The third-order valence-electron chi connectivity index (χ3n) is 10.4. The molecule has 346 valence electrons. The molecule has 0 fully saturated rings. The van der Waals surface area contributed by atoms with Crippen molar-refractivity contribution in [1.82, 2.24) is 0 Å². The highest BCUT2D eigenvalue weighted by Gasteiger charge is 2.27. The van der Waals surface area contributed by atoms with Gasteiger partial charge >= 0.3 is 19.8 Å². The number of hydrogen-bond acceptors (Lipinski definition) is 7. The van der Waals surface area contributed by atoms with Gasteiger partial charge in [0, 0.05) is 12.8 Å². The molecule has 59 heavy (non-hydrogen) atoms. The minimum atomic E-state index is -4.38. The number of likely N-dealkylation sites (N-methyl/N-ethyl adjacent to an activating group) is 1. The van der Waals surface area contributed by atoms with E-state index in [0.29, 0.717) is 17.4 Å². The summed E-state index contributed by atoms with van der Waals surface area (Å²) in [6.45, 7) is 4.40. The maximum atomic E-state index is 12.7. The summed E-state index contributed by atoms with van der Waals surface area (Å²) in [6, 6.07) is 0. The molecule has 0 saturated carbocycles. The number of phosphoric ester groups is 1. The van der Waals surface area contributed by atoms with Gasteiger partial charge in [0.05, 0.1) is 27.7 Å². The Bertz CT molecular complexity index is 1100. The molecule has 0 aliphatic rings. The minimum Gasteiger partial charge on any atom is -0.462 e. The normalized spacial score (nSPS) is 13.8. The number of unbranched alkanes of at least 4 members (excludes halogenated alkanes) is 24. The number of rotatable bonds is 44. The lowest BCUT2D eigenvalue weighted by Crippen LogP contribution is -2.37. The van der Waals surface area contributed by atoms with Gasteiger partial charge in [0.15, 0.2) is 6.10 Å². The lowest BCUT2D eigenvalue weighted by molar-refractivity contribution is -0.870. The molecule has 0 aromatic rings. The maximum Gasteiger partial charge on any atom is 0.472 e. The fraction of sp³-hybridized carbons (Fsp3) is 0.837. The Balaban J connectivity index is 4.31. The van der Waals surface area contributed by atoms with Crippen molar-refractivity contribution in [3.63, 3.8) is 0 Å². The van der Waals surface area contributed by atoms with E-state index in [1.807, 2.05) is 21.1 Å². The van der Waals surface area contributed by atoms with Crippen LogP contribution in [0, 0.1) is 0 Å². The number of ether oxygens (including phenoxy) is 2. The molecule has 0 radical (unpaired) electrons. The van der Waals surface area contributed by atoms with Gasteiger partial charge in [-0.15, -0.1) is 0 Å². The van der Waals surface area contributed by atoms with Crippen molar-refractivity contribution in [2.24, 2.45) is 0 Å². The molecule has 0 spiro atoms. The standard InChI is InChI=1S/C49H92NO8P/c1-6-8-10-12-14-16-18-20-22-24-25-26-28-30-32-34-36-38-40-42-49(52)58-47(46-57-59(53,54)56-44-43-50(3,4)5)45-55-48(51)41-39-37-35-33-31-29-27-23-21-19-17-15-13-11-9-7-2/h14,16,20,22,25-26,47H,6-13,15,17-19,21,23-24,27-46H2,1-5H3/p+1/b16-14-,22-20-,26-25-. The molecule has 0 bridgehead atoms. The van der Waals surface area contributed by atoms with Crippen LogP contribution < -0.4 is 0 Å². The van der Waals surface area contributed by atoms with Crippen molar-refractivity contribution in [2.45, 2.75) is 219 Å². The molecule has 10 heteroatoms. The number of hydrogen-bond donors (Lipinski definition) is 1. The second kappa shape index (κ2) is 41.6. The van der Waals surface area contributed by atoms with E-state index in [0.717, 1.165) is 70.6 Å². The van der Waals surface area contributed by atoms with Gasteiger partial charge in [-0.05, 0) is 51.4 Å². The Kier molecular flexibility index (Phi) is 40.3. The third-order valence-corrected chi connectivity index (χ3v) is 11.4. The van der Waals surface area contributed by atoms with Gasteiger partial charge in [0.1, 0.15) is 19.8 Å². The molecule has 0 aromatic carbocycles. The van der Waals surface area contributed by atoms with Crippen molar-refractivity contribution in [1.29, 1.82) is 0 Å². The number of quaternary nitrogens is 1. The molecule has 9 nitrogen and oxygen atoms in total. The average Bonchev–Trinajstić information content (AvgIpc) is 3.19. The molecule has 1 N–H and O–H groups in total. The van der Waals surface area contributed by atoms with E-state index >= 15 is 0 Å². The van der Waals surface area contributed by atoms with Gasteiger partial charge < -0.3 is 18.9 Å². The van der Waals surface area contributed by atoms with Crippen molar-refractivity contribution in [2.75, 3.05) is 47.5 Å². The van der Waals surface area contributed by atoms with Crippen molar-refractivity contribution in [3.8, 4) is 0 Å². The Hall–Kier alpha value is -1.77. The van der Waals surface area contributed by atoms with Crippen molar-refractivity contribution in [3.05, 3.63) is 36.5 Å². The Morgan fingerprint density at radius 2 is 0.915 bits per heavy atom. The second-order valence-corrected chi connectivity index (χ2v) is 19.0. The predicted molar refractivity (Wildman–Crippen MR) is 247 cm³/mol. The number of allylic oxidation sites excluding steroid dienone is 6. The summed E-state index contributed by atoms with van der Waals surface area (Å²) in [7, 11) is 1.47. The van der Waals surface area contributed by atoms with Crippen LogP contribution in [-0.4, -0.2) is 74.9 Å². The first-order valence-electron chi connectivity index (χ1n) is 24.2. The van der Waals surface area contributed by atoms with Gasteiger partial charge in [0.25, 0.3) is 0 Å². The number of nitrogens with zero attached hydrogens (tertiary/aromatic N) is 1. The predicted octanol–water partition coefficient (Wildman–Crippen LogP) is 14.1. The summed E-state index contributed by atoms with van der Waals surface area (Å²) >= 11 is 0. The Morgan fingerprint density at radius 1 is 0.525 bits per heavy atom. The van der Waals surface area contributed by atoms with Crippen LogP contribution in [0.15, 0.2) is 36.5 Å². The quantitative estimate of drug-likeness (QED) is 0.0212. The highest BCUT2D eigenvalue weighted by molar-refractivity contribution is 7.47. The molecule has 0 heterocycles. The Labute approximate surface area is 363 Å². The first-order valence-corrected chi connectivity index (χ1v) is 25.7. The summed E-state index contributed by atoms with van der Waals surface area (Å²) in [4.78, 5) is 35.5. The number of carbonyl (C=O) groups is 2. The zero-order chi connectivity index (χ0) is 43.6. The van der Waals surface area contributed by atoms with Gasteiger partial charge in [0.2, 0.25) is 0 Å². The van der Waals surface area contributed by atoms with E-state index in [1.165, 1.54) is 109 Å². The van der Waals surface area contributed by atoms with E-state index in [4.69, 9.17) is 18.5 Å². The SMILES string of the molecule is CCCCC/C=C\C/C=C\C/C=C\CCCCCCCCC(=O)OC(COC(=O)CCCCCCCCCCCCCCCCCC)COP(=O)(O)OCC[N+](C)(C)C. The van der Waals surface area contributed by atoms with Crippen molar-refractivity contribution < 1.29 is 42.1 Å². The number of esters is 2. The van der Waals surface area contributed by atoms with Crippen LogP contribution in [0.2, 0.25) is 0 Å². The number of phosphoric acid groups is 1. The average molecular weight is 855 g/mol. The lowest BCUT2D eigenvalue weighted by Gasteiger charge is -2.24. The van der Waals surface area contributed by atoms with Crippen LogP contribution in [0.1, 0.15) is 213 Å². The smallest absolute Gasteiger partial charge is 0.462 e. The topological polar surface area (TPSA) is 108 Å². The third kappa shape index (κ3) is 45.6. The van der Waals surface area contributed by atoms with Crippen LogP contribution in [0.4, 0.5) is 0 Å². The van der Waals surface area contributed by atoms with E-state index < -0.39 is 26.5 Å². The molecule has 0 amide bonds. The summed E-state index contributed by atoms with van der Waals surface area (Å²) in [5, 5.41) is 0. The summed E-state index contributed by atoms with van der Waals surface area (Å²) < 4.78 is 34.4. The lowest BCUT2D eigenvalue weighted by atomic mass is 10.0. The first kappa shape index (κ1) is 57.2. The van der Waals surface area contributed by atoms with Gasteiger partial charge in [-0.3, -0.25) is 18.6 Å². The van der Waals surface area contributed by atoms with E-state index in [1.54, 1.807) is 0 Å². The molecule has 0 aliphatic heterocycles. The van der Waals surface area contributed by atoms with E-state index in [-0.39, 0.29) is 32.0 Å². The van der Waals surface area contributed by atoms with Crippen molar-refractivity contribution >= 4 is 19.8 Å². The van der Waals surface area contributed by atoms with Crippen LogP contribution in [0.3, 0.4) is 0 Å². The van der Waals surface area contributed by atoms with Gasteiger partial charge in [-0.1, -0.05) is 185 Å². The highest BCUT2D eigenvalue weighted by atomic mass is 31.2. The van der Waals surface area contributed by atoms with E-state index in [2.05, 4.69) is 50.3 Å². The molecule has 2 atom stereocenters. The zero-order valence-electron chi connectivity index (χ0n) is 39.0. The van der Waals surface area contributed by atoms with Crippen LogP contribution in [0.5, 0.6) is 0 Å². The van der Waals surface area contributed by atoms with Gasteiger partial charge in [-0.25, -0.2) is 4.57 Å². The molecule has 0 aliphatic carbocycles. The van der Waals surface area contributed by atoms with Crippen LogP contribution in [-0.2, 0) is 32.7 Å². The van der Waals surface area contributed by atoms with Crippen LogP contribution in [0.25, 0.3) is 0 Å².